The Kier molecular flexibility index (Phi) is 4.23. The number of likely N-dealkylation sites (N-methyl/N-ethyl adjacent to an activating group) is 1. The van der Waals surface area contributed by atoms with E-state index in [1.807, 2.05) is 29.5 Å². The lowest BCUT2D eigenvalue weighted by molar-refractivity contribution is 0.0947. The summed E-state index contributed by atoms with van der Waals surface area (Å²) in [5.74, 6) is -0.120. The number of carbonyl (C=O) groups excluding carboxylic acids is 1. The predicted octanol–water partition coefficient (Wildman–Crippen LogP) is 3.20. The summed E-state index contributed by atoms with van der Waals surface area (Å²) in [5, 5.41) is 1.90. The first-order valence-electron chi connectivity index (χ1n) is 5.65. The Balaban J connectivity index is 1.90. The maximum absolute atomic E-state index is 12.8. The molecule has 0 aliphatic rings. The van der Waals surface area contributed by atoms with E-state index in [2.05, 4.69) is 0 Å². The van der Waals surface area contributed by atoms with Gasteiger partial charge in [-0.25, -0.2) is 4.39 Å². The summed E-state index contributed by atoms with van der Waals surface area (Å²) in [6, 6.07) is 10.0. The van der Waals surface area contributed by atoms with Crippen molar-refractivity contribution in [3.05, 3.63) is 58.0 Å². The fourth-order valence-electron chi connectivity index (χ4n) is 1.72. The number of carbonyl (C=O) groups is 1. The molecule has 2 aromatic rings. The van der Waals surface area contributed by atoms with E-state index in [9.17, 15) is 9.18 Å². The lowest BCUT2D eigenvalue weighted by atomic mass is 10.2. The molecule has 4 heteroatoms. The molecule has 94 valence electrons. The van der Waals surface area contributed by atoms with Crippen LogP contribution in [0.2, 0.25) is 0 Å². The van der Waals surface area contributed by atoms with Crippen LogP contribution in [-0.2, 0) is 6.54 Å². The Labute approximate surface area is 110 Å². The second kappa shape index (κ2) is 5.89. The third-order valence-electron chi connectivity index (χ3n) is 2.58. The van der Waals surface area contributed by atoms with E-state index in [0.717, 1.165) is 10.4 Å². The van der Waals surface area contributed by atoms with Gasteiger partial charge >= 0.3 is 0 Å². The zero-order chi connectivity index (χ0) is 13.0. The quantitative estimate of drug-likeness (QED) is 0.772. The molecular weight excluding hydrogens is 249 g/mol. The Morgan fingerprint density at radius 1 is 1.28 bits per heavy atom. The number of hydrogen-bond donors (Lipinski definition) is 0. The van der Waals surface area contributed by atoms with Crippen LogP contribution >= 0.6 is 11.3 Å². The standard InChI is InChI=1S/C14H14FNOS/c1-16(9-11-4-6-12(15)7-5-11)10-13(17)14-3-2-8-18-14/h2-8H,9-10H2,1H3. The van der Waals surface area contributed by atoms with Gasteiger partial charge in [0.15, 0.2) is 5.78 Å². The molecule has 0 fully saturated rings. The highest BCUT2D eigenvalue weighted by Crippen LogP contribution is 2.11. The van der Waals surface area contributed by atoms with Crippen LogP contribution in [0.15, 0.2) is 41.8 Å². The van der Waals surface area contributed by atoms with Crippen molar-refractivity contribution >= 4 is 17.1 Å². The van der Waals surface area contributed by atoms with Crippen LogP contribution in [0.4, 0.5) is 4.39 Å². The van der Waals surface area contributed by atoms with Crippen LogP contribution in [0.1, 0.15) is 15.2 Å². The van der Waals surface area contributed by atoms with Crippen molar-refractivity contribution in [2.24, 2.45) is 0 Å². The fourth-order valence-corrected chi connectivity index (χ4v) is 2.37. The fraction of sp³-hybridized carbons (Fsp3) is 0.214. The minimum atomic E-state index is -0.240. The van der Waals surface area contributed by atoms with Crippen molar-refractivity contribution in [2.75, 3.05) is 13.6 Å². The molecule has 18 heavy (non-hydrogen) atoms. The summed E-state index contributed by atoms with van der Waals surface area (Å²) in [4.78, 5) is 14.6. The molecule has 0 aliphatic carbocycles. The van der Waals surface area contributed by atoms with E-state index in [1.54, 1.807) is 12.1 Å². The molecule has 1 aromatic heterocycles. The molecular formula is C14H14FNOS. The first-order valence-corrected chi connectivity index (χ1v) is 6.53. The van der Waals surface area contributed by atoms with Crippen LogP contribution in [0.3, 0.4) is 0 Å². The molecule has 0 aliphatic heterocycles. The number of hydrogen-bond acceptors (Lipinski definition) is 3. The summed E-state index contributed by atoms with van der Waals surface area (Å²) in [6.07, 6.45) is 0. The second-order valence-corrected chi connectivity index (χ2v) is 5.15. The van der Waals surface area contributed by atoms with Gasteiger partial charge in [0.1, 0.15) is 5.82 Å². The summed E-state index contributed by atoms with van der Waals surface area (Å²) in [5.41, 5.74) is 0.998. The molecule has 0 saturated carbocycles. The zero-order valence-electron chi connectivity index (χ0n) is 10.1. The van der Waals surface area contributed by atoms with Crippen molar-refractivity contribution in [3.8, 4) is 0 Å². The summed E-state index contributed by atoms with van der Waals surface area (Å²) >= 11 is 1.46. The highest BCUT2D eigenvalue weighted by Gasteiger charge is 2.10. The highest BCUT2D eigenvalue weighted by molar-refractivity contribution is 7.12. The van der Waals surface area contributed by atoms with E-state index in [-0.39, 0.29) is 11.6 Å². The van der Waals surface area contributed by atoms with E-state index >= 15 is 0 Å². The maximum atomic E-state index is 12.8. The number of thiophene rings is 1. The molecule has 1 heterocycles. The normalized spacial score (nSPS) is 10.8. The third-order valence-corrected chi connectivity index (χ3v) is 3.49. The average Bonchev–Trinajstić information content (AvgIpc) is 2.85. The van der Waals surface area contributed by atoms with Gasteiger partial charge in [-0.1, -0.05) is 18.2 Å². The van der Waals surface area contributed by atoms with Gasteiger partial charge in [-0.05, 0) is 36.2 Å². The summed E-state index contributed by atoms with van der Waals surface area (Å²) in [6.45, 7) is 1.01. The lowest BCUT2D eigenvalue weighted by Crippen LogP contribution is -2.25. The molecule has 1 aromatic carbocycles. The highest BCUT2D eigenvalue weighted by atomic mass is 32.1. The van der Waals surface area contributed by atoms with Gasteiger partial charge in [0.05, 0.1) is 11.4 Å². The van der Waals surface area contributed by atoms with Gasteiger partial charge < -0.3 is 0 Å². The number of Topliss-reactive ketones (excluding diaryl/α,β-unsaturated/α-hetero) is 1. The van der Waals surface area contributed by atoms with Crippen LogP contribution in [-0.4, -0.2) is 24.3 Å². The minimum Gasteiger partial charge on any atom is -0.295 e. The number of benzene rings is 1. The van der Waals surface area contributed by atoms with E-state index in [1.165, 1.54) is 23.5 Å². The van der Waals surface area contributed by atoms with Crippen LogP contribution in [0.5, 0.6) is 0 Å². The van der Waals surface area contributed by atoms with Gasteiger partial charge in [-0.15, -0.1) is 11.3 Å². The molecule has 0 atom stereocenters. The van der Waals surface area contributed by atoms with Crippen molar-refractivity contribution in [2.45, 2.75) is 6.54 Å². The molecule has 0 radical (unpaired) electrons. The number of nitrogens with zero attached hydrogens (tertiary/aromatic N) is 1. The minimum absolute atomic E-state index is 0.120. The molecule has 0 amide bonds. The van der Waals surface area contributed by atoms with Crippen LogP contribution in [0.25, 0.3) is 0 Å². The Hall–Kier alpha value is -1.52. The lowest BCUT2D eigenvalue weighted by Gasteiger charge is -2.15. The van der Waals surface area contributed by atoms with Gasteiger partial charge in [-0.2, -0.15) is 0 Å². The molecule has 0 unspecified atom stereocenters. The van der Waals surface area contributed by atoms with Gasteiger partial charge in [-0.3, -0.25) is 9.69 Å². The summed E-state index contributed by atoms with van der Waals surface area (Å²) < 4.78 is 12.8. The molecule has 0 spiro atoms. The molecule has 2 nitrogen and oxygen atoms in total. The Morgan fingerprint density at radius 2 is 2.00 bits per heavy atom. The first-order chi connectivity index (χ1) is 8.65. The van der Waals surface area contributed by atoms with E-state index < -0.39 is 0 Å². The van der Waals surface area contributed by atoms with E-state index in [4.69, 9.17) is 0 Å². The Bertz CT molecular complexity index is 507. The largest absolute Gasteiger partial charge is 0.295 e. The van der Waals surface area contributed by atoms with Crippen molar-refractivity contribution in [1.82, 2.24) is 4.90 Å². The molecule has 2 rings (SSSR count). The predicted molar refractivity (Wildman–Crippen MR) is 71.4 cm³/mol. The third kappa shape index (κ3) is 3.48. The van der Waals surface area contributed by atoms with Gasteiger partial charge in [0, 0.05) is 6.54 Å². The van der Waals surface area contributed by atoms with Crippen LogP contribution < -0.4 is 0 Å². The van der Waals surface area contributed by atoms with E-state index in [0.29, 0.717) is 13.1 Å². The summed E-state index contributed by atoms with van der Waals surface area (Å²) in [7, 11) is 1.88. The SMILES string of the molecule is CN(CC(=O)c1cccs1)Cc1ccc(F)cc1. The molecule has 0 bridgehead atoms. The van der Waals surface area contributed by atoms with Crippen molar-refractivity contribution < 1.29 is 9.18 Å². The average molecular weight is 263 g/mol. The zero-order valence-corrected chi connectivity index (χ0v) is 10.9. The second-order valence-electron chi connectivity index (χ2n) is 4.20. The Morgan fingerprint density at radius 3 is 2.61 bits per heavy atom. The van der Waals surface area contributed by atoms with Crippen LogP contribution in [0, 0.1) is 5.82 Å². The first kappa shape index (κ1) is 12.9. The molecule has 0 N–H and O–H groups in total. The van der Waals surface area contributed by atoms with Gasteiger partial charge in [0.2, 0.25) is 0 Å². The number of halogens is 1. The number of ketones is 1. The monoisotopic (exact) mass is 263 g/mol. The number of rotatable bonds is 5. The van der Waals surface area contributed by atoms with Crippen molar-refractivity contribution in [1.29, 1.82) is 0 Å². The van der Waals surface area contributed by atoms with Gasteiger partial charge in [0.25, 0.3) is 0 Å². The smallest absolute Gasteiger partial charge is 0.186 e. The van der Waals surface area contributed by atoms with Crippen molar-refractivity contribution in [3.63, 3.8) is 0 Å². The molecule has 0 saturated heterocycles. The maximum Gasteiger partial charge on any atom is 0.186 e. The topological polar surface area (TPSA) is 20.3 Å².